The fraction of sp³-hybridized carbons (Fsp3) is 0.538. The van der Waals surface area contributed by atoms with Gasteiger partial charge in [0, 0.05) is 5.56 Å². The summed E-state index contributed by atoms with van der Waals surface area (Å²) in [4.78, 5) is 0. The summed E-state index contributed by atoms with van der Waals surface area (Å²) >= 11 is 5.92. The highest BCUT2D eigenvalue weighted by Crippen LogP contribution is 2.32. The Balaban J connectivity index is 3.16. The summed E-state index contributed by atoms with van der Waals surface area (Å²) in [6, 6.07) is 5.86. The number of ether oxygens (including phenoxy) is 1. The van der Waals surface area contributed by atoms with Gasteiger partial charge in [-0.2, -0.15) is 0 Å². The highest BCUT2D eigenvalue weighted by molar-refractivity contribution is 6.20. The van der Waals surface area contributed by atoms with Crippen molar-refractivity contribution >= 4 is 11.6 Å². The number of rotatable bonds is 4. The lowest BCUT2D eigenvalue weighted by atomic mass is 9.97. The van der Waals surface area contributed by atoms with Crippen LogP contribution in [0.5, 0.6) is 5.75 Å². The van der Waals surface area contributed by atoms with Crippen molar-refractivity contribution in [3.05, 3.63) is 29.3 Å². The minimum atomic E-state index is -0.699. The van der Waals surface area contributed by atoms with Gasteiger partial charge in [0.25, 0.3) is 0 Å². The molecule has 0 amide bonds. The van der Waals surface area contributed by atoms with Crippen LogP contribution in [0.15, 0.2) is 18.2 Å². The molecule has 0 saturated heterocycles. The molecule has 0 bridgehead atoms. The van der Waals surface area contributed by atoms with Crippen LogP contribution < -0.4 is 4.74 Å². The van der Waals surface area contributed by atoms with Crippen molar-refractivity contribution in [1.82, 2.24) is 0 Å². The Morgan fingerprint density at radius 2 is 1.88 bits per heavy atom. The highest BCUT2D eigenvalue weighted by atomic mass is 35.5. The van der Waals surface area contributed by atoms with Crippen LogP contribution in [-0.4, -0.2) is 17.6 Å². The molecule has 1 N–H and O–H groups in total. The van der Waals surface area contributed by atoms with Crippen LogP contribution in [-0.2, 0) is 0 Å². The van der Waals surface area contributed by atoms with Gasteiger partial charge in [0.05, 0.1) is 18.6 Å². The molecule has 2 atom stereocenters. The molecular formula is C13H19ClO2. The van der Waals surface area contributed by atoms with Gasteiger partial charge in [0.2, 0.25) is 0 Å². The first-order valence-electron chi connectivity index (χ1n) is 5.47. The van der Waals surface area contributed by atoms with Crippen LogP contribution in [0.25, 0.3) is 0 Å². The third-order valence-corrected chi connectivity index (χ3v) is 2.91. The van der Waals surface area contributed by atoms with Gasteiger partial charge in [-0.3, -0.25) is 0 Å². The monoisotopic (exact) mass is 242 g/mol. The molecule has 0 aliphatic heterocycles. The Labute approximate surface area is 102 Å². The van der Waals surface area contributed by atoms with Crippen LogP contribution in [0.3, 0.4) is 0 Å². The molecule has 2 nitrogen and oxygen atoms in total. The molecule has 0 heterocycles. The zero-order valence-electron chi connectivity index (χ0n) is 10.2. The second kappa shape index (κ2) is 5.55. The van der Waals surface area contributed by atoms with Gasteiger partial charge >= 0.3 is 0 Å². The van der Waals surface area contributed by atoms with E-state index in [1.165, 1.54) is 5.56 Å². The summed E-state index contributed by atoms with van der Waals surface area (Å²) in [5, 5.41) is 9.67. The summed E-state index contributed by atoms with van der Waals surface area (Å²) in [6.45, 7) is 6.00. The first kappa shape index (κ1) is 13.3. The largest absolute Gasteiger partial charge is 0.496 e. The number of aliphatic hydroxyl groups excluding tert-OH is 1. The molecule has 0 aliphatic rings. The van der Waals surface area contributed by atoms with E-state index in [2.05, 4.69) is 13.8 Å². The molecule has 1 aromatic carbocycles. The Hall–Kier alpha value is -0.730. The first-order valence-corrected chi connectivity index (χ1v) is 5.91. The fourth-order valence-electron chi connectivity index (χ4n) is 1.59. The molecule has 1 rings (SSSR count). The number of halogens is 1. The first-order chi connectivity index (χ1) is 7.47. The maximum absolute atomic E-state index is 10.0. The number of benzene rings is 1. The third-order valence-electron chi connectivity index (χ3n) is 2.67. The quantitative estimate of drug-likeness (QED) is 0.820. The molecule has 3 heteroatoms. The van der Waals surface area contributed by atoms with Gasteiger partial charge in [-0.1, -0.05) is 19.9 Å². The molecule has 0 saturated carbocycles. The average Bonchev–Trinajstić information content (AvgIpc) is 2.26. The predicted molar refractivity (Wildman–Crippen MR) is 67.4 cm³/mol. The zero-order valence-corrected chi connectivity index (χ0v) is 11.0. The normalized spacial score (nSPS) is 14.9. The van der Waals surface area contributed by atoms with E-state index in [0.717, 1.165) is 5.56 Å². The number of hydrogen-bond donors (Lipinski definition) is 1. The molecule has 0 radical (unpaired) electrons. The number of alkyl halides is 1. The molecule has 0 spiro atoms. The Morgan fingerprint density at radius 3 is 2.31 bits per heavy atom. The number of hydrogen-bond acceptors (Lipinski definition) is 2. The van der Waals surface area contributed by atoms with E-state index in [9.17, 15) is 5.11 Å². The van der Waals surface area contributed by atoms with Crippen molar-refractivity contribution in [2.24, 2.45) is 0 Å². The van der Waals surface area contributed by atoms with Crippen molar-refractivity contribution in [1.29, 1.82) is 0 Å². The maximum atomic E-state index is 10.0. The predicted octanol–water partition coefficient (Wildman–Crippen LogP) is 3.48. The van der Waals surface area contributed by atoms with Crippen molar-refractivity contribution in [3.63, 3.8) is 0 Å². The molecular weight excluding hydrogens is 224 g/mol. The van der Waals surface area contributed by atoms with Crippen LogP contribution in [0.4, 0.5) is 0 Å². The van der Waals surface area contributed by atoms with E-state index in [4.69, 9.17) is 16.3 Å². The van der Waals surface area contributed by atoms with E-state index in [0.29, 0.717) is 11.7 Å². The SMILES string of the molecule is COc1ccc(C(C)C)cc1C(O)C(C)Cl. The minimum Gasteiger partial charge on any atom is -0.496 e. The van der Waals surface area contributed by atoms with Crippen LogP contribution >= 0.6 is 11.6 Å². The van der Waals surface area contributed by atoms with Gasteiger partial charge in [-0.05, 0) is 30.5 Å². The van der Waals surface area contributed by atoms with E-state index >= 15 is 0 Å². The molecule has 0 aliphatic carbocycles. The van der Waals surface area contributed by atoms with Crippen molar-refractivity contribution in [2.75, 3.05) is 7.11 Å². The van der Waals surface area contributed by atoms with Crippen molar-refractivity contribution in [2.45, 2.75) is 38.2 Å². The van der Waals surface area contributed by atoms with Gasteiger partial charge in [0.15, 0.2) is 0 Å². The summed E-state index contributed by atoms with van der Waals surface area (Å²) < 4.78 is 5.23. The topological polar surface area (TPSA) is 29.5 Å². The molecule has 16 heavy (non-hydrogen) atoms. The smallest absolute Gasteiger partial charge is 0.124 e. The number of methoxy groups -OCH3 is 1. The number of aliphatic hydroxyl groups is 1. The Morgan fingerprint density at radius 1 is 1.25 bits per heavy atom. The third kappa shape index (κ3) is 2.89. The maximum Gasteiger partial charge on any atom is 0.124 e. The van der Waals surface area contributed by atoms with Gasteiger partial charge in [-0.25, -0.2) is 0 Å². The lowest BCUT2D eigenvalue weighted by Crippen LogP contribution is -2.10. The van der Waals surface area contributed by atoms with Crippen LogP contribution in [0, 0.1) is 0 Å². The van der Waals surface area contributed by atoms with E-state index in [-0.39, 0.29) is 5.38 Å². The highest BCUT2D eigenvalue weighted by Gasteiger charge is 2.19. The Bertz CT molecular complexity index is 348. The second-order valence-electron chi connectivity index (χ2n) is 4.28. The molecule has 1 aromatic rings. The van der Waals surface area contributed by atoms with Gasteiger partial charge in [-0.15, -0.1) is 11.6 Å². The average molecular weight is 243 g/mol. The molecule has 0 fully saturated rings. The zero-order chi connectivity index (χ0) is 12.3. The summed E-state index contributed by atoms with van der Waals surface area (Å²) in [6.07, 6.45) is -0.699. The molecule has 0 aromatic heterocycles. The van der Waals surface area contributed by atoms with E-state index in [1.807, 2.05) is 18.2 Å². The van der Waals surface area contributed by atoms with E-state index in [1.54, 1.807) is 14.0 Å². The molecule has 90 valence electrons. The van der Waals surface area contributed by atoms with Crippen molar-refractivity contribution < 1.29 is 9.84 Å². The summed E-state index contributed by atoms with van der Waals surface area (Å²) in [5.74, 6) is 1.10. The van der Waals surface area contributed by atoms with Gasteiger partial charge in [0.1, 0.15) is 5.75 Å². The minimum absolute atomic E-state index is 0.337. The van der Waals surface area contributed by atoms with Crippen LogP contribution in [0.2, 0.25) is 0 Å². The lowest BCUT2D eigenvalue weighted by molar-refractivity contribution is 0.173. The second-order valence-corrected chi connectivity index (χ2v) is 4.97. The van der Waals surface area contributed by atoms with Gasteiger partial charge < -0.3 is 9.84 Å². The van der Waals surface area contributed by atoms with Crippen LogP contribution in [0.1, 0.15) is 43.9 Å². The van der Waals surface area contributed by atoms with Crippen molar-refractivity contribution in [3.8, 4) is 5.75 Å². The standard InChI is InChI=1S/C13H19ClO2/c1-8(2)10-5-6-12(16-4)11(7-10)13(15)9(3)14/h5-9,13,15H,1-4H3. The lowest BCUT2D eigenvalue weighted by Gasteiger charge is -2.18. The fourth-order valence-corrected chi connectivity index (χ4v) is 1.73. The summed E-state index contributed by atoms with van der Waals surface area (Å²) in [5.41, 5.74) is 1.93. The molecule has 2 unspecified atom stereocenters. The Kier molecular flexibility index (Phi) is 4.63. The van der Waals surface area contributed by atoms with E-state index < -0.39 is 6.10 Å². The summed E-state index contributed by atoms with van der Waals surface area (Å²) in [7, 11) is 1.60.